The number of hydrogen-bond acceptors (Lipinski definition) is 7. The van der Waals surface area contributed by atoms with Crippen LogP contribution >= 0.6 is 23.1 Å². The van der Waals surface area contributed by atoms with E-state index in [0.29, 0.717) is 15.7 Å². The van der Waals surface area contributed by atoms with Gasteiger partial charge < -0.3 is 10.1 Å². The number of benzene rings is 1. The predicted molar refractivity (Wildman–Crippen MR) is 101 cm³/mol. The number of amides is 1. The molecule has 0 fully saturated rings. The highest BCUT2D eigenvalue weighted by Gasteiger charge is 2.17. The maximum absolute atomic E-state index is 12.3. The van der Waals surface area contributed by atoms with Gasteiger partial charge in [0, 0.05) is 5.69 Å². The number of rotatable bonds is 6. The maximum atomic E-state index is 12.3. The van der Waals surface area contributed by atoms with Crippen molar-refractivity contribution in [3.05, 3.63) is 53.2 Å². The van der Waals surface area contributed by atoms with Crippen LogP contribution in [0.5, 0.6) is 0 Å². The van der Waals surface area contributed by atoms with E-state index >= 15 is 0 Å². The first-order valence-electron chi connectivity index (χ1n) is 7.66. The number of aromatic nitrogens is 3. The van der Waals surface area contributed by atoms with Gasteiger partial charge >= 0.3 is 5.97 Å². The van der Waals surface area contributed by atoms with Gasteiger partial charge in [-0.15, -0.1) is 21.5 Å². The summed E-state index contributed by atoms with van der Waals surface area (Å²) in [5, 5.41) is 13.8. The smallest absolute Gasteiger partial charge is 0.340 e. The molecule has 0 aliphatic heterocycles. The zero-order chi connectivity index (χ0) is 18.5. The highest BCUT2D eigenvalue weighted by molar-refractivity contribution is 7.99. The van der Waals surface area contributed by atoms with E-state index in [9.17, 15) is 9.59 Å². The Morgan fingerprint density at radius 2 is 2.00 bits per heavy atom. The summed E-state index contributed by atoms with van der Waals surface area (Å²) < 4.78 is 6.60. The number of ether oxygens (including phenoxy) is 1. The Morgan fingerprint density at radius 3 is 2.73 bits per heavy atom. The van der Waals surface area contributed by atoms with Crippen molar-refractivity contribution in [1.82, 2.24) is 14.8 Å². The van der Waals surface area contributed by atoms with Crippen LogP contribution in [0, 0.1) is 6.92 Å². The normalized spacial score (nSPS) is 10.5. The predicted octanol–water partition coefficient (Wildman–Crippen LogP) is 3.15. The summed E-state index contributed by atoms with van der Waals surface area (Å²) in [6.45, 7) is 1.86. The highest BCUT2D eigenvalue weighted by atomic mass is 32.2. The van der Waals surface area contributed by atoms with Crippen molar-refractivity contribution in [1.29, 1.82) is 0 Å². The molecular formula is C17H16N4O3S2. The molecule has 0 radical (unpaired) electrons. The van der Waals surface area contributed by atoms with Crippen LogP contribution in [0.15, 0.2) is 46.9 Å². The van der Waals surface area contributed by atoms with Gasteiger partial charge in [0.15, 0.2) is 5.16 Å². The summed E-state index contributed by atoms with van der Waals surface area (Å²) in [6.07, 6.45) is 0. The third kappa shape index (κ3) is 3.94. The molecule has 0 aliphatic carbocycles. The van der Waals surface area contributed by atoms with Gasteiger partial charge in [-0.25, -0.2) is 4.79 Å². The summed E-state index contributed by atoms with van der Waals surface area (Å²) in [7, 11) is 1.31. The number of nitrogens with zero attached hydrogens (tertiary/aromatic N) is 3. The standard InChI is InChI=1S/C17H16N4O3S2/c1-11-19-20-17(21(11)12-6-4-3-5-7-12)26-10-14(22)18-15-13(8-9-25-15)16(23)24-2/h3-9H,10H2,1-2H3,(H,18,22). The lowest BCUT2D eigenvalue weighted by molar-refractivity contribution is -0.113. The second-order valence-corrected chi connectivity index (χ2v) is 7.05. The van der Waals surface area contributed by atoms with E-state index in [2.05, 4.69) is 15.5 Å². The molecule has 1 amide bonds. The van der Waals surface area contributed by atoms with Crippen LogP contribution in [0.4, 0.5) is 5.00 Å². The van der Waals surface area contributed by atoms with E-state index in [1.54, 1.807) is 11.4 Å². The highest BCUT2D eigenvalue weighted by Crippen LogP contribution is 2.25. The summed E-state index contributed by atoms with van der Waals surface area (Å²) in [5.74, 6) is 0.172. The molecule has 0 spiro atoms. The van der Waals surface area contributed by atoms with Crippen molar-refractivity contribution in [3.63, 3.8) is 0 Å². The molecule has 0 bridgehead atoms. The molecule has 0 saturated heterocycles. The van der Waals surface area contributed by atoms with Crippen molar-refractivity contribution in [3.8, 4) is 5.69 Å². The molecule has 1 N–H and O–H groups in total. The van der Waals surface area contributed by atoms with Gasteiger partial charge in [-0.3, -0.25) is 9.36 Å². The average Bonchev–Trinajstić information content (AvgIpc) is 3.26. The Kier molecular flexibility index (Phi) is 5.69. The molecule has 134 valence electrons. The molecule has 7 nitrogen and oxygen atoms in total. The Labute approximate surface area is 158 Å². The van der Waals surface area contributed by atoms with Crippen LogP contribution in [0.2, 0.25) is 0 Å². The summed E-state index contributed by atoms with van der Waals surface area (Å²) >= 11 is 2.55. The number of carbonyl (C=O) groups is 2. The fourth-order valence-electron chi connectivity index (χ4n) is 2.28. The molecule has 2 aromatic heterocycles. The maximum Gasteiger partial charge on any atom is 0.340 e. The van der Waals surface area contributed by atoms with Gasteiger partial charge in [0.1, 0.15) is 10.8 Å². The van der Waals surface area contributed by atoms with E-state index < -0.39 is 5.97 Å². The zero-order valence-corrected chi connectivity index (χ0v) is 15.8. The molecule has 2 heterocycles. The largest absolute Gasteiger partial charge is 0.465 e. The second-order valence-electron chi connectivity index (χ2n) is 5.19. The quantitative estimate of drug-likeness (QED) is 0.516. The lowest BCUT2D eigenvalue weighted by Crippen LogP contribution is -2.16. The second kappa shape index (κ2) is 8.15. The number of esters is 1. The first-order valence-corrected chi connectivity index (χ1v) is 9.52. The topological polar surface area (TPSA) is 86.1 Å². The fourth-order valence-corrected chi connectivity index (χ4v) is 3.87. The molecule has 0 unspecified atom stereocenters. The van der Waals surface area contributed by atoms with E-state index in [1.807, 2.05) is 41.8 Å². The van der Waals surface area contributed by atoms with Crippen LogP contribution in [0.3, 0.4) is 0 Å². The third-order valence-electron chi connectivity index (χ3n) is 3.47. The van der Waals surface area contributed by atoms with E-state index in [0.717, 1.165) is 11.5 Å². The first-order chi connectivity index (χ1) is 12.6. The minimum absolute atomic E-state index is 0.142. The molecule has 0 aliphatic rings. The van der Waals surface area contributed by atoms with E-state index in [-0.39, 0.29) is 11.7 Å². The molecule has 3 aromatic rings. The van der Waals surface area contributed by atoms with Crippen molar-refractivity contribution in [2.45, 2.75) is 12.1 Å². The summed E-state index contributed by atoms with van der Waals surface area (Å²) in [5.41, 5.74) is 1.28. The Balaban J connectivity index is 1.68. The van der Waals surface area contributed by atoms with Crippen molar-refractivity contribution >= 4 is 40.0 Å². The van der Waals surface area contributed by atoms with Crippen LogP contribution in [0.25, 0.3) is 5.69 Å². The number of thiophene rings is 1. The van der Waals surface area contributed by atoms with E-state index in [1.165, 1.54) is 30.2 Å². The van der Waals surface area contributed by atoms with Gasteiger partial charge in [-0.05, 0) is 30.5 Å². The van der Waals surface area contributed by atoms with Crippen LogP contribution in [0.1, 0.15) is 16.2 Å². The monoisotopic (exact) mass is 388 g/mol. The Bertz CT molecular complexity index is 921. The van der Waals surface area contributed by atoms with Crippen molar-refractivity contribution in [2.75, 3.05) is 18.2 Å². The van der Waals surface area contributed by atoms with Crippen molar-refractivity contribution < 1.29 is 14.3 Å². The molecule has 0 atom stereocenters. The number of thioether (sulfide) groups is 1. The van der Waals surface area contributed by atoms with Crippen LogP contribution < -0.4 is 5.32 Å². The minimum atomic E-state index is -0.478. The van der Waals surface area contributed by atoms with Gasteiger partial charge in [0.05, 0.1) is 18.4 Å². The molecule has 0 saturated carbocycles. The van der Waals surface area contributed by atoms with Crippen LogP contribution in [-0.2, 0) is 9.53 Å². The Hall–Kier alpha value is -2.65. The van der Waals surface area contributed by atoms with Crippen molar-refractivity contribution in [2.24, 2.45) is 0 Å². The average molecular weight is 388 g/mol. The first kappa shape index (κ1) is 18.2. The number of carbonyl (C=O) groups excluding carboxylic acids is 2. The third-order valence-corrected chi connectivity index (χ3v) is 5.22. The molecule has 1 aromatic carbocycles. The van der Waals surface area contributed by atoms with Gasteiger partial charge in [-0.2, -0.15) is 0 Å². The number of methoxy groups -OCH3 is 1. The lowest BCUT2D eigenvalue weighted by Gasteiger charge is -2.08. The van der Waals surface area contributed by atoms with Gasteiger partial charge in [0.25, 0.3) is 0 Å². The Morgan fingerprint density at radius 1 is 1.23 bits per heavy atom. The summed E-state index contributed by atoms with van der Waals surface area (Å²) in [6, 6.07) is 11.3. The van der Waals surface area contributed by atoms with Gasteiger partial charge in [0.2, 0.25) is 5.91 Å². The van der Waals surface area contributed by atoms with E-state index in [4.69, 9.17) is 4.74 Å². The number of nitrogens with one attached hydrogen (secondary N) is 1. The van der Waals surface area contributed by atoms with Crippen LogP contribution in [-0.4, -0.2) is 39.5 Å². The molecular weight excluding hydrogens is 372 g/mol. The molecule has 9 heteroatoms. The summed E-state index contributed by atoms with van der Waals surface area (Å²) in [4.78, 5) is 23.9. The number of anilines is 1. The lowest BCUT2D eigenvalue weighted by atomic mass is 10.3. The van der Waals surface area contributed by atoms with Gasteiger partial charge in [-0.1, -0.05) is 30.0 Å². The minimum Gasteiger partial charge on any atom is -0.465 e. The number of para-hydroxylation sites is 1. The molecule has 3 rings (SSSR count). The number of hydrogen-bond donors (Lipinski definition) is 1. The fraction of sp³-hybridized carbons (Fsp3) is 0.176. The SMILES string of the molecule is COC(=O)c1ccsc1NC(=O)CSc1nnc(C)n1-c1ccccc1. The zero-order valence-electron chi connectivity index (χ0n) is 14.1. The molecule has 26 heavy (non-hydrogen) atoms. The number of aryl methyl sites for hydroxylation is 1.